The molecule has 1 heterocycles. The number of aliphatic hydroxyl groups excluding tert-OH is 1. The summed E-state index contributed by atoms with van der Waals surface area (Å²) in [5.41, 5.74) is 1.18. The standard InChI is InChI=1S/C14H20F2N2O/c15-14(16,11-19)10-17-12-6-8-18(9-7-12)13-4-2-1-3-5-13/h1-5,12,17,19H,6-11H2. The lowest BCUT2D eigenvalue weighted by Crippen LogP contribution is -2.47. The summed E-state index contributed by atoms with van der Waals surface area (Å²) < 4.78 is 25.9. The van der Waals surface area contributed by atoms with Crippen molar-refractivity contribution in [3.8, 4) is 0 Å². The summed E-state index contributed by atoms with van der Waals surface area (Å²) >= 11 is 0. The summed E-state index contributed by atoms with van der Waals surface area (Å²) in [6.45, 7) is 0.196. The van der Waals surface area contributed by atoms with E-state index in [1.54, 1.807) is 0 Å². The van der Waals surface area contributed by atoms with E-state index in [0.29, 0.717) is 0 Å². The van der Waals surface area contributed by atoms with Gasteiger partial charge in [-0.15, -0.1) is 0 Å². The van der Waals surface area contributed by atoms with Crippen LogP contribution in [-0.2, 0) is 0 Å². The highest BCUT2D eigenvalue weighted by Gasteiger charge is 2.29. The number of hydrogen-bond donors (Lipinski definition) is 2. The lowest BCUT2D eigenvalue weighted by atomic mass is 10.0. The van der Waals surface area contributed by atoms with Crippen molar-refractivity contribution in [3.63, 3.8) is 0 Å². The van der Waals surface area contributed by atoms with Crippen molar-refractivity contribution in [2.75, 3.05) is 31.1 Å². The highest BCUT2D eigenvalue weighted by atomic mass is 19.3. The molecule has 1 aliphatic heterocycles. The smallest absolute Gasteiger partial charge is 0.282 e. The molecular formula is C14H20F2N2O. The van der Waals surface area contributed by atoms with Gasteiger partial charge in [0.1, 0.15) is 6.61 Å². The van der Waals surface area contributed by atoms with Crippen LogP contribution in [0.3, 0.4) is 0 Å². The van der Waals surface area contributed by atoms with Crippen LogP contribution in [0.5, 0.6) is 0 Å². The average Bonchev–Trinajstić information content (AvgIpc) is 2.47. The van der Waals surface area contributed by atoms with Crippen molar-refractivity contribution >= 4 is 5.69 Å². The number of nitrogens with one attached hydrogen (secondary N) is 1. The lowest BCUT2D eigenvalue weighted by Gasteiger charge is -2.34. The first kappa shape index (κ1) is 14.2. The van der Waals surface area contributed by atoms with Crippen molar-refractivity contribution in [1.82, 2.24) is 5.32 Å². The van der Waals surface area contributed by atoms with Crippen LogP contribution in [0.1, 0.15) is 12.8 Å². The molecule has 0 amide bonds. The van der Waals surface area contributed by atoms with Gasteiger partial charge in [-0.1, -0.05) is 18.2 Å². The summed E-state index contributed by atoms with van der Waals surface area (Å²) in [7, 11) is 0. The lowest BCUT2D eigenvalue weighted by molar-refractivity contribution is -0.0497. The molecule has 1 saturated heterocycles. The number of piperidine rings is 1. The van der Waals surface area contributed by atoms with Crippen LogP contribution in [0.2, 0.25) is 0 Å². The Morgan fingerprint density at radius 1 is 1.21 bits per heavy atom. The number of aliphatic hydroxyl groups is 1. The Labute approximate surface area is 112 Å². The van der Waals surface area contributed by atoms with E-state index in [0.717, 1.165) is 25.9 Å². The summed E-state index contributed by atoms with van der Waals surface area (Å²) in [5, 5.41) is 11.4. The van der Waals surface area contributed by atoms with Crippen molar-refractivity contribution in [2.24, 2.45) is 0 Å². The van der Waals surface area contributed by atoms with Gasteiger partial charge in [-0.3, -0.25) is 0 Å². The fourth-order valence-electron chi connectivity index (χ4n) is 2.33. The van der Waals surface area contributed by atoms with Gasteiger partial charge in [-0.05, 0) is 25.0 Å². The number of rotatable bonds is 5. The third-order valence-electron chi connectivity index (χ3n) is 3.50. The van der Waals surface area contributed by atoms with E-state index in [9.17, 15) is 8.78 Å². The van der Waals surface area contributed by atoms with E-state index in [1.165, 1.54) is 5.69 Å². The maximum Gasteiger partial charge on any atom is 0.282 e. The number of benzene rings is 1. The molecule has 3 nitrogen and oxygen atoms in total. The summed E-state index contributed by atoms with van der Waals surface area (Å²) in [6, 6.07) is 10.2. The zero-order valence-corrected chi connectivity index (χ0v) is 10.9. The highest BCUT2D eigenvalue weighted by molar-refractivity contribution is 5.46. The first-order chi connectivity index (χ1) is 9.11. The topological polar surface area (TPSA) is 35.5 Å². The van der Waals surface area contributed by atoms with E-state index < -0.39 is 19.1 Å². The zero-order chi connectivity index (χ0) is 13.7. The molecule has 0 radical (unpaired) electrons. The van der Waals surface area contributed by atoms with Crippen LogP contribution in [0.25, 0.3) is 0 Å². The van der Waals surface area contributed by atoms with Gasteiger partial charge < -0.3 is 15.3 Å². The number of anilines is 1. The molecule has 0 unspecified atom stereocenters. The SMILES string of the molecule is OCC(F)(F)CNC1CCN(c2ccccc2)CC1. The number of alkyl halides is 2. The van der Waals surface area contributed by atoms with Crippen LogP contribution < -0.4 is 10.2 Å². The molecule has 0 atom stereocenters. The highest BCUT2D eigenvalue weighted by Crippen LogP contribution is 2.20. The van der Waals surface area contributed by atoms with Gasteiger partial charge in [0.15, 0.2) is 0 Å². The molecule has 0 aliphatic carbocycles. The monoisotopic (exact) mass is 270 g/mol. The molecule has 106 valence electrons. The predicted octanol–water partition coefficient (Wildman–Crippen LogP) is 1.87. The Morgan fingerprint density at radius 3 is 2.42 bits per heavy atom. The molecule has 2 N–H and O–H groups in total. The Kier molecular flexibility index (Phi) is 4.71. The van der Waals surface area contributed by atoms with Gasteiger partial charge in [0.2, 0.25) is 0 Å². The molecule has 0 bridgehead atoms. The van der Waals surface area contributed by atoms with Gasteiger partial charge in [0.05, 0.1) is 6.54 Å². The van der Waals surface area contributed by atoms with Crippen LogP contribution in [-0.4, -0.2) is 43.3 Å². The Balaban J connectivity index is 1.77. The molecule has 1 fully saturated rings. The van der Waals surface area contributed by atoms with Gasteiger partial charge >= 0.3 is 0 Å². The molecule has 0 saturated carbocycles. The minimum absolute atomic E-state index is 0.109. The number of nitrogens with zero attached hydrogens (tertiary/aromatic N) is 1. The largest absolute Gasteiger partial charge is 0.390 e. The third kappa shape index (κ3) is 4.14. The first-order valence-electron chi connectivity index (χ1n) is 6.63. The fraction of sp³-hybridized carbons (Fsp3) is 0.571. The van der Waals surface area contributed by atoms with Crippen LogP contribution in [0.15, 0.2) is 30.3 Å². The van der Waals surface area contributed by atoms with Gasteiger partial charge in [0, 0.05) is 24.8 Å². The predicted molar refractivity (Wildman–Crippen MR) is 71.7 cm³/mol. The molecule has 0 aromatic heterocycles. The number of hydrogen-bond acceptors (Lipinski definition) is 3. The minimum Gasteiger partial charge on any atom is -0.390 e. The molecule has 5 heteroatoms. The third-order valence-corrected chi connectivity index (χ3v) is 3.50. The van der Waals surface area contributed by atoms with Crippen molar-refractivity contribution in [2.45, 2.75) is 24.8 Å². The second-order valence-electron chi connectivity index (χ2n) is 4.99. The van der Waals surface area contributed by atoms with Gasteiger partial charge in [-0.2, -0.15) is 0 Å². The van der Waals surface area contributed by atoms with E-state index in [4.69, 9.17) is 5.11 Å². The van der Waals surface area contributed by atoms with E-state index in [-0.39, 0.29) is 6.04 Å². The molecule has 1 aromatic rings. The molecule has 1 aliphatic rings. The zero-order valence-electron chi connectivity index (χ0n) is 10.9. The van der Waals surface area contributed by atoms with Crippen LogP contribution in [0, 0.1) is 0 Å². The van der Waals surface area contributed by atoms with Crippen molar-refractivity contribution in [3.05, 3.63) is 30.3 Å². The number of para-hydroxylation sites is 1. The maximum absolute atomic E-state index is 12.9. The second-order valence-corrected chi connectivity index (χ2v) is 4.99. The first-order valence-corrected chi connectivity index (χ1v) is 6.63. The molecule has 1 aromatic carbocycles. The van der Waals surface area contributed by atoms with Gasteiger partial charge in [0.25, 0.3) is 5.92 Å². The van der Waals surface area contributed by atoms with Gasteiger partial charge in [-0.25, -0.2) is 8.78 Å². The van der Waals surface area contributed by atoms with Crippen LogP contribution >= 0.6 is 0 Å². The summed E-state index contributed by atoms with van der Waals surface area (Å²) in [6.07, 6.45) is 1.69. The fourth-order valence-corrected chi connectivity index (χ4v) is 2.33. The van der Waals surface area contributed by atoms with Crippen molar-refractivity contribution in [1.29, 1.82) is 0 Å². The molecular weight excluding hydrogens is 250 g/mol. The molecule has 0 spiro atoms. The molecule has 2 rings (SSSR count). The van der Waals surface area contributed by atoms with E-state index >= 15 is 0 Å². The normalized spacial score (nSPS) is 17.7. The summed E-state index contributed by atoms with van der Waals surface area (Å²) in [4.78, 5) is 2.27. The maximum atomic E-state index is 12.9. The molecule has 19 heavy (non-hydrogen) atoms. The van der Waals surface area contributed by atoms with Crippen LogP contribution in [0.4, 0.5) is 14.5 Å². The summed E-state index contributed by atoms with van der Waals surface area (Å²) in [5.74, 6) is -3.02. The van der Waals surface area contributed by atoms with E-state index in [2.05, 4.69) is 22.3 Å². The van der Waals surface area contributed by atoms with E-state index in [1.807, 2.05) is 18.2 Å². The Bertz CT molecular complexity index is 378. The average molecular weight is 270 g/mol. The second kappa shape index (κ2) is 6.30. The van der Waals surface area contributed by atoms with Crippen molar-refractivity contribution < 1.29 is 13.9 Å². The Morgan fingerprint density at radius 2 is 1.84 bits per heavy atom. The quantitative estimate of drug-likeness (QED) is 0.857. The number of halogens is 2. The Hall–Kier alpha value is -1.20. The minimum atomic E-state index is -3.02.